The van der Waals surface area contributed by atoms with Crippen molar-refractivity contribution < 1.29 is 23.8 Å². The molecule has 1 aromatic carbocycles. The topological polar surface area (TPSA) is 77.1 Å². The van der Waals surface area contributed by atoms with Gasteiger partial charge in [0, 0.05) is 24.8 Å². The Labute approximate surface area is 178 Å². The Bertz CT molecular complexity index is 786. The largest absolute Gasteiger partial charge is 0.454 e. The standard InChI is InChI=1S/C23H32N2O5/c1-3-23(2,22(27)24-17-7-4-5-8-17)25(14-18-9-6-12-28-18)21(26)16-10-11-19-20(13-16)30-15-29-19/h10-11,13,17-18H,3-9,12,14-15H2,1-2H3,(H,24,27)/t18-,23+/m0/s1. The number of hydrogen-bond donors (Lipinski definition) is 1. The number of nitrogens with one attached hydrogen (secondary N) is 1. The number of ether oxygens (including phenoxy) is 3. The van der Waals surface area contributed by atoms with E-state index in [1.165, 1.54) is 0 Å². The zero-order valence-electron chi connectivity index (χ0n) is 17.9. The van der Waals surface area contributed by atoms with Crippen LogP contribution in [0.2, 0.25) is 0 Å². The molecule has 2 aliphatic heterocycles. The number of amides is 2. The molecule has 2 heterocycles. The van der Waals surface area contributed by atoms with Crippen molar-refractivity contribution in [2.45, 2.75) is 76.5 Å². The maximum atomic E-state index is 13.7. The molecular weight excluding hydrogens is 384 g/mol. The number of nitrogens with zero attached hydrogens (tertiary/aromatic N) is 1. The van der Waals surface area contributed by atoms with E-state index >= 15 is 0 Å². The van der Waals surface area contributed by atoms with Crippen molar-refractivity contribution in [2.75, 3.05) is 19.9 Å². The van der Waals surface area contributed by atoms with Gasteiger partial charge in [0.1, 0.15) is 5.54 Å². The number of rotatable bonds is 7. The molecule has 1 saturated heterocycles. The fourth-order valence-electron chi connectivity index (χ4n) is 4.57. The van der Waals surface area contributed by atoms with Crippen molar-refractivity contribution in [3.63, 3.8) is 0 Å². The quantitative estimate of drug-likeness (QED) is 0.738. The summed E-state index contributed by atoms with van der Waals surface area (Å²) in [5, 5.41) is 3.21. The summed E-state index contributed by atoms with van der Waals surface area (Å²) in [6, 6.07) is 5.40. The van der Waals surface area contributed by atoms with Gasteiger partial charge in [-0.1, -0.05) is 19.8 Å². The first-order valence-corrected chi connectivity index (χ1v) is 11.2. The molecular formula is C23H32N2O5. The molecule has 30 heavy (non-hydrogen) atoms. The molecule has 1 N–H and O–H groups in total. The monoisotopic (exact) mass is 416 g/mol. The van der Waals surface area contributed by atoms with Crippen molar-refractivity contribution in [1.29, 1.82) is 0 Å². The summed E-state index contributed by atoms with van der Waals surface area (Å²) >= 11 is 0. The molecule has 2 fully saturated rings. The summed E-state index contributed by atoms with van der Waals surface area (Å²) in [5.41, 5.74) is -0.465. The van der Waals surface area contributed by atoms with Crippen molar-refractivity contribution in [1.82, 2.24) is 10.2 Å². The highest BCUT2D eigenvalue weighted by molar-refractivity contribution is 5.99. The molecule has 7 heteroatoms. The molecule has 7 nitrogen and oxygen atoms in total. The molecule has 164 valence electrons. The van der Waals surface area contributed by atoms with Gasteiger partial charge in [0.25, 0.3) is 5.91 Å². The highest BCUT2D eigenvalue weighted by atomic mass is 16.7. The Kier molecular flexibility index (Phi) is 6.18. The highest BCUT2D eigenvalue weighted by Crippen LogP contribution is 2.34. The minimum atomic E-state index is -0.956. The van der Waals surface area contributed by atoms with Crippen LogP contribution in [0.1, 0.15) is 69.2 Å². The van der Waals surface area contributed by atoms with E-state index in [-0.39, 0.29) is 30.8 Å². The summed E-state index contributed by atoms with van der Waals surface area (Å²) in [6.45, 7) is 5.09. The first kappa shape index (κ1) is 21.0. The van der Waals surface area contributed by atoms with Crippen LogP contribution in [0, 0.1) is 0 Å². The number of hydrogen-bond acceptors (Lipinski definition) is 5. The third kappa shape index (κ3) is 4.13. The molecule has 1 aromatic rings. The van der Waals surface area contributed by atoms with Crippen LogP contribution in [0.4, 0.5) is 0 Å². The average Bonchev–Trinajstić information content (AvgIpc) is 3.53. The Morgan fingerprint density at radius 1 is 1.13 bits per heavy atom. The fraction of sp³-hybridized carbons (Fsp3) is 0.652. The van der Waals surface area contributed by atoms with E-state index in [9.17, 15) is 9.59 Å². The first-order chi connectivity index (χ1) is 14.5. The summed E-state index contributed by atoms with van der Waals surface area (Å²) < 4.78 is 16.7. The predicted octanol–water partition coefficient (Wildman–Crippen LogP) is 3.26. The average molecular weight is 417 g/mol. The van der Waals surface area contributed by atoms with Crippen LogP contribution < -0.4 is 14.8 Å². The first-order valence-electron chi connectivity index (χ1n) is 11.2. The van der Waals surface area contributed by atoms with Crippen LogP contribution in [0.5, 0.6) is 11.5 Å². The Morgan fingerprint density at radius 2 is 1.90 bits per heavy atom. The van der Waals surface area contributed by atoms with Crippen molar-refractivity contribution in [3.05, 3.63) is 23.8 Å². The zero-order valence-corrected chi connectivity index (χ0v) is 17.9. The second-order valence-corrected chi connectivity index (χ2v) is 8.70. The van der Waals surface area contributed by atoms with Crippen molar-refractivity contribution >= 4 is 11.8 Å². The van der Waals surface area contributed by atoms with E-state index in [1.54, 1.807) is 23.1 Å². The highest BCUT2D eigenvalue weighted by Gasteiger charge is 2.43. The van der Waals surface area contributed by atoms with E-state index in [4.69, 9.17) is 14.2 Å². The van der Waals surface area contributed by atoms with E-state index in [1.807, 2.05) is 13.8 Å². The smallest absolute Gasteiger partial charge is 0.254 e. The van der Waals surface area contributed by atoms with Crippen LogP contribution in [-0.2, 0) is 9.53 Å². The second-order valence-electron chi connectivity index (χ2n) is 8.70. The third-order valence-corrected chi connectivity index (χ3v) is 6.74. The predicted molar refractivity (Wildman–Crippen MR) is 112 cm³/mol. The molecule has 3 aliphatic rings. The van der Waals surface area contributed by atoms with Gasteiger partial charge in [-0.25, -0.2) is 0 Å². The molecule has 0 aromatic heterocycles. The van der Waals surface area contributed by atoms with E-state index in [2.05, 4.69) is 5.32 Å². The normalized spacial score (nSPS) is 22.7. The maximum Gasteiger partial charge on any atom is 0.254 e. The van der Waals surface area contributed by atoms with Gasteiger partial charge >= 0.3 is 0 Å². The second kappa shape index (κ2) is 8.84. The molecule has 2 amide bonds. The Hall–Kier alpha value is -2.28. The lowest BCUT2D eigenvalue weighted by atomic mass is 9.92. The summed E-state index contributed by atoms with van der Waals surface area (Å²) in [5.74, 6) is 0.930. The Balaban J connectivity index is 1.61. The van der Waals surface area contributed by atoms with E-state index in [0.717, 1.165) is 38.5 Å². The molecule has 0 radical (unpaired) electrons. The van der Waals surface area contributed by atoms with E-state index in [0.29, 0.717) is 36.6 Å². The summed E-state index contributed by atoms with van der Waals surface area (Å²) in [4.78, 5) is 28.8. The van der Waals surface area contributed by atoms with E-state index < -0.39 is 5.54 Å². The number of fused-ring (bicyclic) bond motifs is 1. The van der Waals surface area contributed by atoms with Crippen molar-refractivity contribution in [3.8, 4) is 11.5 Å². The summed E-state index contributed by atoms with van der Waals surface area (Å²) in [7, 11) is 0. The minimum Gasteiger partial charge on any atom is -0.454 e. The number of carbonyl (C=O) groups excluding carboxylic acids is 2. The lowest BCUT2D eigenvalue weighted by Crippen LogP contribution is -2.61. The number of benzene rings is 1. The van der Waals surface area contributed by atoms with Gasteiger partial charge in [0.15, 0.2) is 11.5 Å². The summed E-state index contributed by atoms with van der Waals surface area (Å²) in [6.07, 6.45) is 6.65. The SMILES string of the molecule is CC[C@](C)(C(=O)NC1CCCC1)N(C[C@@H]1CCCO1)C(=O)c1ccc2c(c1)OCO2. The molecule has 1 aliphatic carbocycles. The van der Waals surface area contributed by atoms with Crippen LogP contribution >= 0.6 is 0 Å². The van der Waals surface area contributed by atoms with Gasteiger partial charge in [-0.05, 0) is 57.2 Å². The third-order valence-electron chi connectivity index (χ3n) is 6.74. The van der Waals surface area contributed by atoms with Crippen LogP contribution in [0.3, 0.4) is 0 Å². The van der Waals surface area contributed by atoms with Gasteiger partial charge in [0.05, 0.1) is 6.10 Å². The van der Waals surface area contributed by atoms with Crippen LogP contribution in [0.15, 0.2) is 18.2 Å². The van der Waals surface area contributed by atoms with Gasteiger partial charge in [-0.3, -0.25) is 9.59 Å². The van der Waals surface area contributed by atoms with Gasteiger partial charge < -0.3 is 24.4 Å². The van der Waals surface area contributed by atoms with Gasteiger partial charge in [-0.15, -0.1) is 0 Å². The molecule has 0 bridgehead atoms. The van der Waals surface area contributed by atoms with Crippen LogP contribution in [0.25, 0.3) is 0 Å². The Morgan fingerprint density at radius 3 is 2.60 bits per heavy atom. The molecule has 0 unspecified atom stereocenters. The van der Waals surface area contributed by atoms with Crippen LogP contribution in [-0.4, -0.2) is 54.3 Å². The molecule has 2 atom stereocenters. The van der Waals surface area contributed by atoms with Gasteiger partial charge in [-0.2, -0.15) is 0 Å². The van der Waals surface area contributed by atoms with Gasteiger partial charge in [0.2, 0.25) is 12.7 Å². The van der Waals surface area contributed by atoms with Crippen molar-refractivity contribution in [2.24, 2.45) is 0 Å². The maximum absolute atomic E-state index is 13.7. The number of carbonyl (C=O) groups is 2. The lowest BCUT2D eigenvalue weighted by Gasteiger charge is -2.41. The zero-order chi connectivity index (χ0) is 21.1. The molecule has 0 spiro atoms. The fourth-order valence-corrected chi connectivity index (χ4v) is 4.57. The minimum absolute atomic E-state index is 0.0480. The molecule has 4 rings (SSSR count). The lowest BCUT2D eigenvalue weighted by molar-refractivity contribution is -0.133. The molecule has 1 saturated carbocycles.